The Bertz CT molecular complexity index is 1010. The van der Waals surface area contributed by atoms with Gasteiger partial charge in [-0.05, 0) is 31.5 Å². The molecular formula is C22H24N4O2. The fourth-order valence-electron chi connectivity index (χ4n) is 2.94. The summed E-state index contributed by atoms with van der Waals surface area (Å²) >= 11 is 0. The molecule has 28 heavy (non-hydrogen) atoms. The van der Waals surface area contributed by atoms with Crippen molar-refractivity contribution >= 4 is 11.8 Å². The van der Waals surface area contributed by atoms with Gasteiger partial charge in [0.25, 0.3) is 5.91 Å². The molecule has 0 aliphatic heterocycles. The Labute approximate surface area is 164 Å². The normalized spacial score (nSPS) is 10.6. The monoisotopic (exact) mass is 376 g/mol. The summed E-state index contributed by atoms with van der Waals surface area (Å²) in [6, 6.07) is 15.7. The van der Waals surface area contributed by atoms with Gasteiger partial charge in [0, 0.05) is 25.9 Å². The molecule has 0 saturated heterocycles. The molecule has 6 nitrogen and oxygen atoms in total. The molecule has 0 aliphatic carbocycles. The minimum atomic E-state index is -0.327. The summed E-state index contributed by atoms with van der Waals surface area (Å²) in [6.45, 7) is 3.97. The van der Waals surface area contributed by atoms with Crippen LogP contribution in [-0.2, 0) is 4.79 Å². The molecule has 0 unspecified atom stereocenters. The minimum absolute atomic E-state index is 0.0608. The van der Waals surface area contributed by atoms with Gasteiger partial charge in [0.05, 0.1) is 17.8 Å². The largest absolute Gasteiger partial charge is 0.347 e. The number of likely N-dealkylation sites (N-methyl/N-ethyl adjacent to an activating group) is 1. The molecule has 0 aliphatic rings. The summed E-state index contributed by atoms with van der Waals surface area (Å²) < 4.78 is 1.69. The number of carbonyl (C=O) groups is 2. The Balaban J connectivity index is 2.02. The van der Waals surface area contributed by atoms with Gasteiger partial charge in [0.15, 0.2) is 0 Å². The van der Waals surface area contributed by atoms with E-state index in [1.165, 1.54) is 4.90 Å². The van der Waals surface area contributed by atoms with Crippen molar-refractivity contribution in [2.24, 2.45) is 0 Å². The van der Waals surface area contributed by atoms with E-state index in [1.807, 2.05) is 56.3 Å². The quantitative estimate of drug-likeness (QED) is 0.744. The molecule has 144 valence electrons. The van der Waals surface area contributed by atoms with Crippen molar-refractivity contribution in [3.8, 4) is 16.9 Å². The van der Waals surface area contributed by atoms with Gasteiger partial charge < -0.3 is 10.2 Å². The average Bonchev–Trinajstić information content (AvgIpc) is 3.11. The maximum Gasteiger partial charge on any atom is 0.255 e. The predicted octanol–water partition coefficient (Wildman–Crippen LogP) is 2.97. The summed E-state index contributed by atoms with van der Waals surface area (Å²) in [6.07, 6.45) is 1.71. The van der Waals surface area contributed by atoms with Crippen LogP contribution in [0.1, 0.15) is 21.5 Å². The van der Waals surface area contributed by atoms with Crippen LogP contribution < -0.4 is 5.32 Å². The van der Waals surface area contributed by atoms with Gasteiger partial charge in [-0.3, -0.25) is 9.59 Å². The van der Waals surface area contributed by atoms with Crippen LogP contribution in [0.3, 0.4) is 0 Å². The first kappa shape index (κ1) is 19.4. The third kappa shape index (κ3) is 4.11. The summed E-state index contributed by atoms with van der Waals surface area (Å²) in [4.78, 5) is 26.1. The number of aryl methyl sites for hydroxylation is 2. The van der Waals surface area contributed by atoms with Gasteiger partial charge in [-0.2, -0.15) is 5.10 Å². The van der Waals surface area contributed by atoms with E-state index in [0.29, 0.717) is 11.3 Å². The van der Waals surface area contributed by atoms with Crippen LogP contribution in [0.2, 0.25) is 0 Å². The smallest absolute Gasteiger partial charge is 0.255 e. The van der Waals surface area contributed by atoms with E-state index < -0.39 is 0 Å². The second-order valence-electron chi connectivity index (χ2n) is 6.96. The summed E-state index contributed by atoms with van der Waals surface area (Å²) in [5.41, 5.74) is 4.96. The maximum absolute atomic E-state index is 12.9. The lowest BCUT2D eigenvalue weighted by Gasteiger charge is -2.11. The second-order valence-corrected chi connectivity index (χ2v) is 6.96. The van der Waals surface area contributed by atoms with E-state index in [9.17, 15) is 9.59 Å². The van der Waals surface area contributed by atoms with Gasteiger partial charge in [-0.1, -0.05) is 42.0 Å². The van der Waals surface area contributed by atoms with E-state index in [1.54, 1.807) is 25.0 Å². The molecule has 0 radical (unpaired) electrons. The Morgan fingerprint density at radius 3 is 2.43 bits per heavy atom. The molecule has 3 aromatic rings. The SMILES string of the molecule is Cc1ccc(-c2nn(-c3ccccc3)cc2C(=O)NCC(=O)N(C)C)c(C)c1. The van der Waals surface area contributed by atoms with E-state index in [0.717, 1.165) is 22.4 Å². The van der Waals surface area contributed by atoms with Gasteiger partial charge in [0.2, 0.25) is 5.91 Å². The van der Waals surface area contributed by atoms with Gasteiger partial charge >= 0.3 is 0 Å². The zero-order chi connectivity index (χ0) is 20.3. The molecule has 1 aromatic heterocycles. The highest BCUT2D eigenvalue weighted by molar-refractivity contribution is 6.01. The van der Waals surface area contributed by atoms with Gasteiger partial charge in [0.1, 0.15) is 5.69 Å². The maximum atomic E-state index is 12.9. The Kier molecular flexibility index (Phi) is 5.59. The number of rotatable bonds is 5. The van der Waals surface area contributed by atoms with Gasteiger partial charge in [-0.25, -0.2) is 4.68 Å². The van der Waals surface area contributed by atoms with Crippen LogP contribution in [0, 0.1) is 13.8 Å². The van der Waals surface area contributed by atoms with Crippen molar-refractivity contribution in [1.82, 2.24) is 20.0 Å². The number of amides is 2. The van der Waals surface area contributed by atoms with Crippen molar-refractivity contribution in [1.29, 1.82) is 0 Å². The van der Waals surface area contributed by atoms with Gasteiger partial charge in [-0.15, -0.1) is 0 Å². The molecule has 2 amide bonds. The lowest BCUT2D eigenvalue weighted by Crippen LogP contribution is -2.36. The number of hydrogen-bond donors (Lipinski definition) is 1. The highest BCUT2D eigenvalue weighted by atomic mass is 16.2. The van der Waals surface area contributed by atoms with Crippen molar-refractivity contribution in [2.45, 2.75) is 13.8 Å². The van der Waals surface area contributed by atoms with E-state index >= 15 is 0 Å². The van der Waals surface area contributed by atoms with Crippen molar-refractivity contribution in [3.05, 3.63) is 71.4 Å². The van der Waals surface area contributed by atoms with Crippen molar-refractivity contribution in [2.75, 3.05) is 20.6 Å². The van der Waals surface area contributed by atoms with Crippen LogP contribution >= 0.6 is 0 Å². The van der Waals surface area contributed by atoms with Crippen LogP contribution in [0.5, 0.6) is 0 Å². The van der Waals surface area contributed by atoms with E-state index in [4.69, 9.17) is 0 Å². The van der Waals surface area contributed by atoms with Crippen LogP contribution in [0.15, 0.2) is 54.7 Å². The van der Waals surface area contributed by atoms with Crippen molar-refractivity contribution in [3.63, 3.8) is 0 Å². The average molecular weight is 376 g/mol. The predicted molar refractivity (Wildman–Crippen MR) is 110 cm³/mol. The van der Waals surface area contributed by atoms with Crippen molar-refractivity contribution < 1.29 is 9.59 Å². The topological polar surface area (TPSA) is 67.2 Å². The molecule has 2 aromatic carbocycles. The lowest BCUT2D eigenvalue weighted by atomic mass is 10.0. The summed E-state index contributed by atoms with van der Waals surface area (Å²) in [5.74, 6) is -0.496. The Morgan fingerprint density at radius 1 is 1.07 bits per heavy atom. The van der Waals surface area contributed by atoms with E-state index in [2.05, 4.69) is 16.5 Å². The third-order valence-electron chi connectivity index (χ3n) is 4.52. The molecule has 0 atom stereocenters. The molecule has 6 heteroatoms. The number of carbonyl (C=O) groups excluding carboxylic acids is 2. The molecule has 0 spiro atoms. The number of nitrogens with one attached hydrogen (secondary N) is 1. The first-order valence-electron chi connectivity index (χ1n) is 9.08. The zero-order valence-electron chi connectivity index (χ0n) is 16.6. The van der Waals surface area contributed by atoms with E-state index in [-0.39, 0.29) is 18.4 Å². The zero-order valence-corrected chi connectivity index (χ0v) is 16.6. The second kappa shape index (κ2) is 8.08. The molecule has 3 rings (SSSR count). The fraction of sp³-hybridized carbons (Fsp3) is 0.227. The number of benzene rings is 2. The van der Waals surface area contributed by atoms with Crippen LogP contribution in [0.4, 0.5) is 0 Å². The molecular weight excluding hydrogens is 352 g/mol. The summed E-state index contributed by atoms with van der Waals surface area (Å²) in [5, 5.41) is 7.39. The standard InChI is InChI=1S/C22H24N4O2/c1-15-10-11-18(16(2)12-15)21-19(22(28)23-13-20(27)25(3)4)14-26(24-21)17-8-6-5-7-9-17/h5-12,14H,13H2,1-4H3,(H,23,28). The lowest BCUT2D eigenvalue weighted by molar-refractivity contribution is -0.127. The highest BCUT2D eigenvalue weighted by Crippen LogP contribution is 2.27. The first-order valence-corrected chi connectivity index (χ1v) is 9.08. The number of aromatic nitrogens is 2. The number of hydrogen-bond acceptors (Lipinski definition) is 3. The molecule has 0 bridgehead atoms. The number of nitrogens with zero attached hydrogens (tertiary/aromatic N) is 3. The summed E-state index contributed by atoms with van der Waals surface area (Å²) in [7, 11) is 3.31. The number of para-hydroxylation sites is 1. The molecule has 1 N–H and O–H groups in total. The minimum Gasteiger partial charge on any atom is -0.347 e. The van der Waals surface area contributed by atoms with Crippen LogP contribution in [-0.4, -0.2) is 47.1 Å². The highest BCUT2D eigenvalue weighted by Gasteiger charge is 2.20. The molecule has 1 heterocycles. The molecule has 0 saturated carbocycles. The first-order chi connectivity index (χ1) is 13.4. The Hall–Kier alpha value is -3.41. The molecule has 0 fully saturated rings. The van der Waals surface area contributed by atoms with Crippen LogP contribution in [0.25, 0.3) is 16.9 Å². The Morgan fingerprint density at radius 2 is 1.79 bits per heavy atom. The third-order valence-corrected chi connectivity index (χ3v) is 4.52. The fourth-order valence-corrected chi connectivity index (χ4v) is 2.94.